The molecule has 0 unspecified atom stereocenters. The van der Waals surface area contributed by atoms with Gasteiger partial charge >= 0.3 is 0 Å². The highest BCUT2D eigenvalue weighted by Gasteiger charge is 2.13. The van der Waals surface area contributed by atoms with Crippen LogP contribution in [0.4, 0.5) is 5.82 Å². The van der Waals surface area contributed by atoms with E-state index in [2.05, 4.69) is 31.0 Å². The summed E-state index contributed by atoms with van der Waals surface area (Å²) in [4.78, 5) is 13.0. The van der Waals surface area contributed by atoms with Crippen LogP contribution in [-0.4, -0.2) is 32.8 Å². The molecule has 0 bridgehead atoms. The molecule has 0 spiro atoms. The van der Waals surface area contributed by atoms with Crippen molar-refractivity contribution >= 4 is 23.5 Å². The van der Waals surface area contributed by atoms with E-state index in [9.17, 15) is 0 Å². The maximum atomic E-state index is 5.81. The molecule has 0 radical (unpaired) electrons. The number of nitrogens with two attached hydrogens (primary N) is 1. The summed E-state index contributed by atoms with van der Waals surface area (Å²) in [6.07, 6.45) is 4.61. The Morgan fingerprint density at radius 1 is 1.50 bits per heavy atom. The number of nitrogens with zero attached hydrogens (tertiary/aromatic N) is 4. The van der Waals surface area contributed by atoms with E-state index in [1.807, 2.05) is 18.2 Å². The Kier molecular flexibility index (Phi) is 3.87. The van der Waals surface area contributed by atoms with Crippen LogP contribution in [0.3, 0.4) is 0 Å². The van der Waals surface area contributed by atoms with Crippen molar-refractivity contribution in [2.75, 3.05) is 17.6 Å². The standard InChI is InChI=1S/C13H16N6S/c14-12(18-11-3-1-2-5-15-11)16-6-4-10-9-19-7-8-20-13(19)17-10/h1-3,5,9H,4,6-8H2,(H3,14,15,16,18). The van der Waals surface area contributed by atoms with E-state index < -0.39 is 0 Å². The third-order valence-corrected chi connectivity index (χ3v) is 3.89. The molecule has 0 fully saturated rings. The van der Waals surface area contributed by atoms with Crippen molar-refractivity contribution in [1.82, 2.24) is 14.5 Å². The number of anilines is 1. The Labute approximate surface area is 121 Å². The number of nitrogens with one attached hydrogen (secondary N) is 1. The largest absolute Gasteiger partial charge is 0.370 e. The molecule has 3 heterocycles. The van der Waals surface area contributed by atoms with Crippen LogP contribution in [0, 0.1) is 0 Å². The van der Waals surface area contributed by atoms with Gasteiger partial charge in [0, 0.05) is 37.7 Å². The third-order valence-electron chi connectivity index (χ3n) is 2.92. The maximum absolute atomic E-state index is 5.81. The van der Waals surface area contributed by atoms with Crippen LogP contribution in [0.25, 0.3) is 0 Å². The summed E-state index contributed by atoms with van der Waals surface area (Å²) in [6, 6.07) is 5.60. The van der Waals surface area contributed by atoms with Gasteiger partial charge in [0.05, 0.1) is 5.69 Å². The summed E-state index contributed by atoms with van der Waals surface area (Å²) < 4.78 is 2.19. The minimum atomic E-state index is 0.379. The highest BCUT2D eigenvalue weighted by Crippen LogP contribution is 2.24. The smallest absolute Gasteiger partial charge is 0.194 e. The van der Waals surface area contributed by atoms with Crippen molar-refractivity contribution in [3.63, 3.8) is 0 Å². The molecule has 1 aliphatic rings. The number of hydrogen-bond acceptors (Lipinski definition) is 4. The van der Waals surface area contributed by atoms with Crippen molar-refractivity contribution in [3.8, 4) is 0 Å². The molecule has 20 heavy (non-hydrogen) atoms. The zero-order chi connectivity index (χ0) is 13.8. The minimum Gasteiger partial charge on any atom is -0.370 e. The molecular weight excluding hydrogens is 272 g/mol. The van der Waals surface area contributed by atoms with Crippen LogP contribution in [0.1, 0.15) is 5.69 Å². The summed E-state index contributed by atoms with van der Waals surface area (Å²) in [7, 11) is 0. The van der Waals surface area contributed by atoms with Gasteiger partial charge in [-0.1, -0.05) is 17.8 Å². The summed E-state index contributed by atoms with van der Waals surface area (Å²) >= 11 is 1.80. The molecule has 0 atom stereocenters. The van der Waals surface area contributed by atoms with Crippen molar-refractivity contribution in [2.45, 2.75) is 18.1 Å². The summed E-state index contributed by atoms with van der Waals surface area (Å²) in [6.45, 7) is 1.67. The first-order chi connectivity index (χ1) is 9.81. The molecule has 7 heteroatoms. The number of imidazole rings is 1. The molecule has 0 saturated carbocycles. The molecule has 0 aromatic carbocycles. The minimum absolute atomic E-state index is 0.379. The fraction of sp³-hybridized carbons (Fsp3) is 0.308. The van der Waals surface area contributed by atoms with E-state index in [-0.39, 0.29) is 0 Å². The Hall–Kier alpha value is -2.02. The van der Waals surface area contributed by atoms with Gasteiger partial charge < -0.3 is 15.6 Å². The van der Waals surface area contributed by atoms with Gasteiger partial charge in [-0.25, -0.2) is 9.97 Å². The van der Waals surface area contributed by atoms with Gasteiger partial charge in [0.2, 0.25) is 0 Å². The molecule has 0 saturated heterocycles. The third kappa shape index (κ3) is 3.11. The molecule has 104 valence electrons. The van der Waals surface area contributed by atoms with Gasteiger partial charge in [0.25, 0.3) is 0 Å². The zero-order valence-electron chi connectivity index (χ0n) is 11.0. The number of rotatable bonds is 4. The second kappa shape index (κ2) is 5.96. The van der Waals surface area contributed by atoms with Gasteiger partial charge in [-0.2, -0.15) is 0 Å². The molecule has 3 rings (SSSR count). The average Bonchev–Trinajstić information content (AvgIpc) is 3.01. The van der Waals surface area contributed by atoms with Gasteiger partial charge in [-0.15, -0.1) is 0 Å². The lowest BCUT2D eigenvalue weighted by molar-refractivity contribution is 0.719. The monoisotopic (exact) mass is 288 g/mol. The molecule has 6 nitrogen and oxygen atoms in total. The van der Waals surface area contributed by atoms with Crippen LogP contribution < -0.4 is 11.1 Å². The van der Waals surface area contributed by atoms with Gasteiger partial charge in [0.1, 0.15) is 5.82 Å². The lowest BCUT2D eigenvalue weighted by Gasteiger charge is -2.03. The molecule has 2 aromatic rings. The SMILES string of the molecule is NC(=NCCc1cn2c(n1)SCC2)Nc1ccccn1. The zero-order valence-corrected chi connectivity index (χ0v) is 11.8. The van der Waals surface area contributed by atoms with E-state index in [0.29, 0.717) is 18.3 Å². The number of pyridine rings is 1. The lowest BCUT2D eigenvalue weighted by atomic mass is 10.3. The van der Waals surface area contributed by atoms with E-state index >= 15 is 0 Å². The van der Waals surface area contributed by atoms with Gasteiger partial charge in [-0.05, 0) is 12.1 Å². The van der Waals surface area contributed by atoms with Crippen molar-refractivity contribution in [3.05, 3.63) is 36.3 Å². The molecule has 1 aliphatic heterocycles. The van der Waals surface area contributed by atoms with Crippen LogP contribution in [-0.2, 0) is 13.0 Å². The first kappa shape index (κ1) is 13.0. The first-order valence-electron chi connectivity index (χ1n) is 6.48. The van der Waals surface area contributed by atoms with Crippen LogP contribution in [0.2, 0.25) is 0 Å². The topological polar surface area (TPSA) is 81.1 Å². The second-order valence-electron chi connectivity index (χ2n) is 4.41. The quantitative estimate of drug-likeness (QED) is 0.655. The Bertz CT molecular complexity index is 585. The summed E-state index contributed by atoms with van der Waals surface area (Å²) in [5, 5.41) is 4.07. The number of fused-ring (bicyclic) bond motifs is 1. The summed E-state index contributed by atoms with van der Waals surface area (Å²) in [5.74, 6) is 2.21. The second-order valence-corrected chi connectivity index (χ2v) is 5.48. The maximum Gasteiger partial charge on any atom is 0.194 e. The normalized spacial score (nSPS) is 14.3. The average molecular weight is 288 g/mol. The number of aliphatic imine (C=N–C) groups is 1. The van der Waals surface area contributed by atoms with Gasteiger partial charge in [-0.3, -0.25) is 4.99 Å². The highest BCUT2D eigenvalue weighted by molar-refractivity contribution is 7.99. The number of aromatic nitrogens is 3. The predicted octanol–water partition coefficient (Wildman–Crippen LogP) is 1.35. The van der Waals surface area contributed by atoms with Crippen molar-refractivity contribution < 1.29 is 0 Å². The van der Waals surface area contributed by atoms with E-state index in [1.165, 1.54) is 0 Å². The number of hydrogen-bond donors (Lipinski definition) is 2. The molecule has 3 N–H and O–H groups in total. The molecule has 0 aliphatic carbocycles. The van der Waals surface area contributed by atoms with Gasteiger partial charge in [0.15, 0.2) is 11.1 Å². The van der Waals surface area contributed by atoms with Crippen LogP contribution >= 0.6 is 11.8 Å². The summed E-state index contributed by atoms with van der Waals surface area (Å²) in [5.41, 5.74) is 6.88. The Morgan fingerprint density at radius 3 is 3.25 bits per heavy atom. The fourth-order valence-corrected chi connectivity index (χ4v) is 2.94. The fourth-order valence-electron chi connectivity index (χ4n) is 1.98. The van der Waals surface area contributed by atoms with E-state index in [1.54, 1.807) is 18.0 Å². The molecule has 2 aromatic heterocycles. The van der Waals surface area contributed by atoms with Crippen molar-refractivity contribution in [2.24, 2.45) is 10.7 Å². The number of aryl methyl sites for hydroxylation is 1. The van der Waals surface area contributed by atoms with Crippen LogP contribution in [0.5, 0.6) is 0 Å². The van der Waals surface area contributed by atoms with Crippen molar-refractivity contribution in [1.29, 1.82) is 0 Å². The first-order valence-corrected chi connectivity index (χ1v) is 7.46. The Balaban J connectivity index is 1.52. The molecular formula is C13H16N6S. The van der Waals surface area contributed by atoms with Crippen LogP contribution in [0.15, 0.2) is 40.7 Å². The van der Waals surface area contributed by atoms with E-state index in [4.69, 9.17) is 5.73 Å². The number of guanidine groups is 1. The molecule has 0 amide bonds. The lowest BCUT2D eigenvalue weighted by Crippen LogP contribution is -2.23. The predicted molar refractivity (Wildman–Crippen MR) is 81.0 cm³/mol. The Morgan fingerprint density at radius 2 is 2.45 bits per heavy atom. The van der Waals surface area contributed by atoms with E-state index in [0.717, 1.165) is 29.6 Å². The number of thioether (sulfide) groups is 1. The highest BCUT2D eigenvalue weighted by atomic mass is 32.2.